The molecule has 0 spiro atoms. The minimum atomic E-state index is 0.847. The first-order chi connectivity index (χ1) is 28.8. The number of fused-ring (bicyclic) bond motifs is 5. The van der Waals surface area contributed by atoms with Crippen LogP contribution < -0.4 is 4.90 Å². The number of anilines is 3. The van der Waals surface area contributed by atoms with Crippen LogP contribution in [0.25, 0.3) is 88.0 Å². The molecule has 11 aromatic rings. The van der Waals surface area contributed by atoms with Crippen molar-refractivity contribution in [1.29, 1.82) is 0 Å². The van der Waals surface area contributed by atoms with Gasteiger partial charge in [-0.15, -0.1) is 0 Å². The van der Waals surface area contributed by atoms with Crippen molar-refractivity contribution in [2.75, 3.05) is 4.90 Å². The van der Waals surface area contributed by atoms with E-state index in [9.17, 15) is 0 Å². The SMILES string of the molecule is c1ccc(-c2ccc(N(c3ccc(-c4cccc5ccccc45)cc3)c3cccc4c3oc3cccc(-c5cc(-c6ccccc6)c6ccccc6c5)c34)cc2)cc1. The van der Waals surface area contributed by atoms with Crippen LogP contribution in [0, 0.1) is 0 Å². The molecule has 0 N–H and O–H groups in total. The summed E-state index contributed by atoms with van der Waals surface area (Å²) in [5.74, 6) is 0. The third-order valence-corrected chi connectivity index (χ3v) is 11.5. The molecule has 58 heavy (non-hydrogen) atoms. The molecule has 0 amide bonds. The maximum atomic E-state index is 6.96. The number of furan rings is 1. The summed E-state index contributed by atoms with van der Waals surface area (Å²) >= 11 is 0. The Balaban J connectivity index is 1.09. The summed E-state index contributed by atoms with van der Waals surface area (Å²) in [6.07, 6.45) is 0. The van der Waals surface area contributed by atoms with Gasteiger partial charge in [-0.25, -0.2) is 0 Å². The average molecular weight is 740 g/mol. The molecule has 2 nitrogen and oxygen atoms in total. The second kappa shape index (κ2) is 14.1. The summed E-state index contributed by atoms with van der Waals surface area (Å²) in [6.45, 7) is 0. The first-order valence-corrected chi connectivity index (χ1v) is 19.8. The molecular formula is C56H37NO. The predicted molar refractivity (Wildman–Crippen MR) is 245 cm³/mol. The second-order valence-electron chi connectivity index (χ2n) is 14.9. The fourth-order valence-electron chi connectivity index (χ4n) is 8.70. The highest BCUT2D eigenvalue weighted by Crippen LogP contribution is 2.46. The van der Waals surface area contributed by atoms with Gasteiger partial charge < -0.3 is 9.32 Å². The molecule has 1 heterocycles. The molecule has 0 saturated heterocycles. The molecule has 11 rings (SSSR count). The van der Waals surface area contributed by atoms with Gasteiger partial charge in [0.25, 0.3) is 0 Å². The molecule has 2 heteroatoms. The van der Waals surface area contributed by atoms with Crippen LogP contribution in [-0.4, -0.2) is 0 Å². The minimum Gasteiger partial charge on any atom is -0.454 e. The lowest BCUT2D eigenvalue weighted by molar-refractivity contribution is 0.669. The van der Waals surface area contributed by atoms with Crippen LogP contribution in [0.3, 0.4) is 0 Å². The Labute approximate surface area is 337 Å². The largest absolute Gasteiger partial charge is 0.454 e. The fraction of sp³-hybridized carbons (Fsp3) is 0. The van der Waals surface area contributed by atoms with Gasteiger partial charge in [0, 0.05) is 22.1 Å². The Morgan fingerprint density at radius 2 is 0.828 bits per heavy atom. The Morgan fingerprint density at radius 3 is 1.57 bits per heavy atom. The van der Waals surface area contributed by atoms with Gasteiger partial charge in [-0.05, 0) is 115 Å². The molecule has 0 aliphatic rings. The van der Waals surface area contributed by atoms with Crippen molar-refractivity contribution in [3.05, 3.63) is 224 Å². The quantitative estimate of drug-likeness (QED) is 0.162. The first-order valence-electron chi connectivity index (χ1n) is 19.8. The number of hydrogen-bond donors (Lipinski definition) is 0. The van der Waals surface area contributed by atoms with E-state index in [0.29, 0.717) is 0 Å². The maximum Gasteiger partial charge on any atom is 0.159 e. The van der Waals surface area contributed by atoms with Crippen LogP contribution in [-0.2, 0) is 0 Å². The van der Waals surface area contributed by atoms with E-state index in [1.165, 1.54) is 54.9 Å². The van der Waals surface area contributed by atoms with Gasteiger partial charge in [0.05, 0.1) is 5.69 Å². The van der Waals surface area contributed by atoms with Crippen LogP contribution in [0.4, 0.5) is 17.1 Å². The molecule has 0 aliphatic heterocycles. The van der Waals surface area contributed by atoms with Crippen molar-refractivity contribution in [2.24, 2.45) is 0 Å². The predicted octanol–water partition coefficient (Wildman–Crippen LogP) is 16.0. The Kier molecular flexibility index (Phi) is 8.19. The molecule has 0 radical (unpaired) electrons. The zero-order valence-electron chi connectivity index (χ0n) is 31.7. The third-order valence-electron chi connectivity index (χ3n) is 11.5. The van der Waals surface area contributed by atoms with Crippen molar-refractivity contribution >= 4 is 60.5 Å². The number of hydrogen-bond acceptors (Lipinski definition) is 2. The highest BCUT2D eigenvalue weighted by Gasteiger charge is 2.22. The van der Waals surface area contributed by atoms with Gasteiger partial charge in [0.1, 0.15) is 5.58 Å². The maximum absolute atomic E-state index is 6.96. The average Bonchev–Trinajstić information content (AvgIpc) is 3.69. The monoisotopic (exact) mass is 739 g/mol. The van der Waals surface area contributed by atoms with Gasteiger partial charge in [-0.2, -0.15) is 0 Å². The summed E-state index contributed by atoms with van der Waals surface area (Å²) < 4.78 is 6.96. The summed E-state index contributed by atoms with van der Waals surface area (Å²) in [4.78, 5) is 2.33. The Hall–Kier alpha value is -7.68. The summed E-state index contributed by atoms with van der Waals surface area (Å²) in [5, 5.41) is 7.12. The van der Waals surface area contributed by atoms with Crippen molar-refractivity contribution in [3.63, 3.8) is 0 Å². The van der Waals surface area contributed by atoms with E-state index in [0.717, 1.165) is 50.1 Å². The molecular weight excluding hydrogens is 703 g/mol. The number of rotatable bonds is 7. The Morgan fingerprint density at radius 1 is 0.310 bits per heavy atom. The molecule has 0 fully saturated rings. The van der Waals surface area contributed by atoms with Crippen LogP contribution in [0.2, 0.25) is 0 Å². The van der Waals surface area contributed by atoms with E-state index in [4.69, 9.17) is 4.42 Å². The fourth-order valence-corrected chi connectivity index (χ4v) is 8.70. The highest BCUT2D eigenvalue weighted by atomic mass is 16.3. The van der Waals surface area contributed by atoms with Crippen LogP contribution in [0.15, 0.2) is 229 Å². The van der Waals surface area contributed by atoms with Crippen LogP contribution >= 0.6 is 0 Å². The van der Waals surface area contributed by atoms with Crippen LogP contribution in [0.5, 0.6) is 0 Å². The van der Waals surface area contributed by atoms with E-state index >= 15 is 0 Å². The van der Waals surface area contributed by atoms with E-state index in [1.54, 1.807) is 0 Å². The summed E-state index contributed by atoms with van der Waals surface area (Å²) in [7, 11) is 0. The van der Waals surface area contributed by atoms with E-state index in [1.807, 2.05) is 0 Å². The topological polar surface area (TPSA) is 16.4 Å². The van der Waals surface area contributed by atoms with E-state index in [2.05, 4.69) is 229 Å². The standard InChI is InChI=1S/C56H37NO/c1-3-14-38(15-4-1)39-28-32-45(33-29-39)57(46-34-30-42(31-35-46)48-23-11-20-40-18-7-9-21-47(40)48)53-26-12-25-51-55-50(24-13-27-54(55)58-56(51)53)44-36-43-19-8-10-22-49(43)52(37-44)41-16-5-2-6-17-41/h1-37H. The Bertz CT molecular complexity index is 3250. The van der Waals surface area contributed by atoms with Crippen molar-refractivity contribution in [2.45, 2.75) is 0 Å². The zero-order chi connectivity index (χ0) is 38.4. The molecule has 0 atom stereocenters. The molecule has 1 aromatic heterocycles. The van der Waals surface area contributed by atoms with Crippen molar-refractivity contribution in [1.82, 2.24) is 0 Å². The molecule has 10 aromatic carbocycles. The van der Waals surface area contributed by atoms with Gasteiger partial charge in [0.15, 0.2) is 5.58 Å². The summed E-state index contributed by atoms with van der Waals surface area (Å²) in [5.41, 5.74) is 14.3. The van der Waals surface area contributed by atoms with E-state index < -0.39 is 0 Å². The molecule has 272 valence electrons. The lowest BCUT2D eigenvalue weighted by atomic mass is 9.91. The normalized spacial score (nSPS) is 11.4. The smallest absolute Gasteiger partial charge is 0.159 e. The molecule has 0 aliphatic carbocycles. The molecule has 0 saturated carbocycles. The van der Waals surface area contributed by atoms with Gasteiger partial charge in [0.2, 0.25) is 0 Å². The lowest BCUT2D eigenvalue weighted by Crippen LogP contribution is -2.10. The number of para-hydroxylation sites is 1. The van der Waals surface area contributed by atoms with Crippen molar-refractivity contribution < 1.29 is 4.42 Å². The molecule has 0 bridgehead atoms. The third kappa shape index (κ3) is 5.82. The minimum absolute atomic E-state index is 0.847. The van der Waals surface area contributed by atoms with Gasteiger partial charge in [-0.1, -0.05) is 176 Å². The van der Waals surface area contributed by atoms with Crippen molar-refractivity contribution in [3.8, 4) is 44.5 Å². The lowest BCUT2D eigenvalue weighted by Gasteiger charge is -2.26. The summed E-state index contributed by atoms with van der Waals surface area (Å²) in [6, 6.07) is 80.5. The van der Waals surface area contributed by atoms with E-state index in [-0.39, 0.29) is 0 Å². The number of benzene rings is 10. The molecule has 0 unspecified atom stereocenters. The first kappa shape index (κ1) is 33.6. The van der Waals surface area contributed by atoms with Gasteiger partial charge >= 0.3 is 0 Å². The zero-order valence-corrected chi connectivity index (χ0v) is 31.7. The van der Waals surface area contributed by atoms with Gasteiger partial charge in [-0.3, -0.25) is 0 Å². The van der Waals surface area contributed by atoms with Crippen LogP contribution in [0.1, 0.15) is 0 Å². The second-order valence-corrected chi connectivity index (χ2v) is 14.9. The number of nitrogens with zero attached hydrogens (tertiary/aromatic N) is 1. The highest BCUT2D eigenvalue weighted by molar-refractivity contribution is 6.17.